The van der Waals surface area contributed by atoms with Gasteiger partial charge >= 0.3 is 0 Å². The van der Waals surface area contributed by atoms with E-state index in [0.29, 0.717) is 0 Å². The van der Waals surface area contributed by atoms with Crippen LogP contribution in [0.3, 0.4) is 0 Å². The van der Waals surface area contributed by atoms with Crippen molar-refractivity contribution >= 4 is 0 Å². The van der Waals surface area contributed by atoms with Crippen molar-refractivity contribution in [2.45, 2.75) is 45.1 Å². The normalized spacial score (nSPS) is 18.8. The van der Waals surface area contributed by atoms with Crippen molar-refractivity contribution in [3.05, 3.63) is 41.2 Å². The molecule has 0 amide bonds. The van der Waals surface area contributed by atoms with Gasteiger partial charge in [-0.2, -0.15) is 0 Å². The fourth-order valence-corrected chi connectivity index (χ4v) is 2.28. The average Bonchev–Trinajstić information content (AvgIpc) is 2.56. The average molecular weight is 216 g/mol. The summed E-state index contributed by atoms with van der Waals surface area (Å²) in [4.78, 5) is 4.22. The summed E-state index contributed by atoms with van der Waals surface area (Å²) < 4.78 is 0. The molecule has 16 heavy (non-hydrogen) atoms. The van der Waals surface area contributed by atoms with E-state index in [1.165, 1.54) is 36.8 Å². The lowest BCUT2D eigenvalue weighted by atomic mass is 9.96. The molecule has 2 heteroatoms. The van der Waals surface area contributed by atoms with Gasteiger partial charge in [0.2, 0.25) is 0 Å². The molecular formula is C14H20N2. The van der Waals surface area contributed by atoms with Crippen LogP contribution >= 0.6 is 0 Å². The number of hydrogen-bond acceptors (Lipinski definition) is 2. The van der Waals surface area contributed by atoms with Gasteiger partial charge in [0, 0.05) is 12.4 Å². The van der Waals surface area contributed by atoms with Gasteiger partial charge in [-0.1, -0.05) is 24.1 Å². The standard InChI is InChI=1S/C14H20N2/c1-11-8-13(10-16-9-11)14(15)12-6-4-2-3-5-7-12/h6,8-10,14H,2-5,7,15H2,1H3. The molecule has 1 unspecified atom stereocenters. The van der Waals surface area contributed by atoms with Gasteiger partial charge in [0.05, 0.1) is 6.04 Å². The summed E-state index contributed by atoms with van der Waals surface area (Å²) >= 11 is 0. The number of hydrogen-bond donors (Lipinski definition) is 1. The van der Waals surface area contributed by atoms with Crippen LogP contribution < -0.4 is 5.73 Å². The smallest absolute Gasteiger partial charge is 0.0526 e. The van der Waals surface area contributed by atoms with E-state index in [4.69, 9.17) is 5.73 Å². The molecule has 0 saturated heterocycles. The maximum absolute atomic E-state index is 6.30. The predicted molar refractivity (Wildman–Crippen MR) is 67.1 cm³/mol. The Hall–Kier alpha value is -1.15. The molecule has 0 fully saturated rings. The van der Waals surface area contributed by atoms with Crippen LogP contribution in [0.2, 0.25) is 0 Å². The molecule has 0 saturated carbocycles. The van der Waals surface area contributed by atoms with E-state index in [1.54, 1.807) is 0 Å². The summed E-state index contributed by atoms with van der Waals surface area (Å²) in [5, 5.41) is 0. The summed E-state index contributed by atoms with van der Waals surface area (Å²) in [7, 11) is 0. The number of rotatable bonds is 2. The number of nitrogens with zero attached hydrogens (tertiary/aromatic N) is 1. The highest BCUT2D eigenvalue weighted by molar-refractivity contribution is 5.28. The predicted octanol–water partition coefficient (Wildman–Crippen LogP) is 3.28. The van der Waals surface area contributed by atoms with Crippen LogP contribution in [-0.2, 0) is 0 Å². The molecule has 1 heterocycles. The van der Waals surface area contributed by atoms with E-state index in [-0.39, 0.29) is 6.04 Å². The fraction of sp³-hybridized carbons (Fsp3) is 0.500. The molecule has 2 N–H and O–H groups in total. The number of allylic oxidation sites excluding steroid dienone is 1. The Bertz CT molecular complexity index is 382. The first kappa shape index (κ1) is 11.3. The Kier molecular flexibility index (Phi) is 3.73. The molecule has 1 aromatic rings. The van der Waals surface area contributed by atoms with Crippen LogP contribution in [0.1, 0.15) is 49.3 Å². The molecule has 2 nitrogen and oxygen atoms in total. The molecule has 0 aromatic carbocycles. The third-order valence-electron chi connectivity index (χ3n) is 3.23. The minimum absolute atomic E-state index is 0.0468. The molecule has 1 aliphatic carbocycles. The summed E-state index contributed by atoms with van der Waals surface area (Å²) in [5.41, 5.74) is 10.0. The van der Waals surface area contributed by atoms with E-state index in [0.717, 1.165) is 12.0 Å². The van der Waals surface area contributed by atoms with E-state index < -0.39 is 0 Å². The number of nitrogens with two attached hydrogens (primary N) is 1. The minimum Gasteiger partial charge on any atom is -0.320 e. The molecule has 0 bridgehead atoms. The number of pyridine rings is 1. The summed E-state index contributed by atoms with van der Waals surface area (Å²) in [5.74, 6) is 0. The Morgan fingerprint density at radius 3 is 2.94 bits per heavy atom. The topological polar surface area (TPSA) is 38.9 Å². The highest BCUT2D eigenvalue weighted by atomic mass is 14.7. The summed E-state index contributed by atoms with van der Waals surface area (Å²) in [6.07, 6.45) is 12.3. The van der Waals surface area contributed by atoms with Crippen LogP contribution in [0.5, 0.6) is 0 Å². The zero-order valence-corrected chi connectivity index (χ0v) is 9.95. The van der Waals surface area contributed by atoms with Crippen LogP contribution in [0, 0.1) is 6.92 Å². The lowest BCUT2D eigenvalue weighted by molar-refractivity contribution is 0.687. The molecule has 0 aliphatic heterocycles. The minimum atomic E-state index is 0.0468. The highest BCUT2D eigenvalue weighted by Gasteiger charge is 2.13. The Labute approximate surface area is 97.6 Å². The summed E-state index contributed by atoms with van der Waals surface area (Å²) in [6, 6.07) is 2.19. The van der Waals surface area contributed by atoms with Crippen LogP contribution in [0.25, 0.3) is 0 Å². The molecular weight excluding hydrogens is 196 g/mol. The van der Waals surface area contributed by atoms with Gasteiger partial charge in [0.25, 0.3) is 0 Å². The van der Waals surface area contributed by atoms with Crippen molar-refractivity contribution < 1.29 is 0 Å². The van der Waals surface area contributed by atoms with Gasteiger partial charge in [-0.05, 0) is 43.7 Å². The first-order valence-corrected chi connectivity index (χ1v) is 6.13. The van der Waals surface area contributed by atoms with E-state index in [1.807, 2.05) is 12.4 Å². The lowest BCUT2D eigenvalue weighted by Gasteiger charge is -2.15. The second kappa shape index (κ2) is 5.26. The molecule has 1 aliphatic rings. The maximum atomic E-state index is 6.30. The zero-order valence-electron chi connectivity index (χ0n) is 9.95. The number of aromatic nitrogens is 1. The fourth-order valence-electron chi connectivity index (χ4n) is 2.28. The third-order valence-corrected chi connectivity index (χ3v) is 3.23. The summed E-state index contributed by atoms with van der Waals surface area (Å²) in [6.45, 7) is 2.06. The second-order valence-corrected chi connectivity index (χ2v) is 4.65. The quantitative estimate of drug-likeness (QED) is 0.770. The SMILES string of the molecule is Cc1cncc(C(N)C2=CCCCCC2)c1. The van der Waals surface area contributed by atoms with Crippen molar-refractivity contribution in [2.24, 2.45) is 5.73 Å². The van der Waals surface area contributed by atoms with Gasteiger partial charge in [-0.15, -0.1) is 0 Å². The van der Waals surface area contributed by atoms with Gasteiger partial charge in [-0.3, -0.25) is 4.98 Å². The Morgan fingerprint density at radius 1 is 1.25 bits per heavy atom. The molecule has 1 atom stereocenters. The van der Waals surface area contributed by atoms with Crippen molar-refractivity contribution in [1.82, 2.24) is 4.98 Å². The van der Waals surface area contributed by atoms with E-state index >= 15 is 0 Å². The maximum Gasteiger partial charge on any atom is 0.0526 e. The number of aryl methyl sites for hydroxylation is 1. The third kappa shape index (κ3) is 2.70. The molecule has 86 valence electrons. The van der Waals surface area contributed by atoms with Crippen LogP contribution in [-0.4, -0.2) is 4.98 Å². The van der Waals surface area contributed by atoms with E-state index in [9.17, 15) is 0 Å². The largest absolute Gasteiger partial charge is 0.320 e. The monoisotopic (exact) mass is 216 g/mol. The molecule has 1 aromatic heterocycles. The first-order valence-electron chi connectivity index (χ1n) is 6.13. The van der Waals surface area contributed by atoms with E-state index in [2.05, 4.69) is 24.1 Å². The van der Waals surface area contributed by atoms with Gasteiger partial charge in [0.1, 0.15) is 0 Å². The van der Waals surface area contributed by atoms with Crippen molar-refractivity contribution in [1.29, 1.82) is 0 Å². The first-order chi connectivity index (χ1) is 7.77. The molecule has 0 radical (unpaired) electrons. The Morgan fingerprint density at radius 2 is 2.12 bits per heavy atom. The van der Waals surface area contributed by atoms with Crippen molar-refractivity contribution in [3.63, 3.8) is 0 Å². The highest BCUT2D eigenvalue weighted by Crippen LogP contribution is 2.27. The molecule has 2 rings (SSSR count). The molecule has 0 spiro atoms. The van der Waals surface area contributed by atoms with Crippen molar-refractivity contribution in [3.8, 4) is 0 Å². The zero-order chi connectivity index (χ0) is 11.4. The lowest BCUT2D eigenvalue weighted by Crippen LogP contribution is -2.13. The van der Waals surface area contributed by atoms with Gasteiger partial charge in [0.15, 0.2) is 0 Å². The second-order valence-electron chi connectivity index (χ2n) is 4.65. The van der Waals surface area contributed by atoms with Crippen LogP contribution in [0.15, 0.2) is 30.1 Å². The van der Waals surface area contributed by atoms with Crippen molar-refractivity contribution in [2.75, 3.05) is 0 Å². The van der Waals surface area contributed by atoms with Crippen LogP contribution in [0.4, 0.5) is 0 Å². The van der Waals surface area contributed by atoms with Gasteiger partial charge in [-0.25, -0.2) is 0 Å². The Balaban J connectivity index is 2.17. The van der Waals surface area contributed by atoms with Gasteiger partial charge < -0.3 is 5.73 Å².